The molecule has 0 saturated carbocycles. The number of rotatable bonds is 6. The van der Waals surface area contributed by atoms with E-state index in [9.17, 15) is 9.59 Å². The molecular formula is C13H19NO2. The molecule has 0 atom stereocenters. The van der Waals surface area contributed by atoms with E-state index in [0.29, 0.717) is 6.42 Å². The second-order valence-electron chi connectivity index (χ2n) is 4.18. The number of hydrogen-bond acceptors (Lipinski definition) is 2. The van der Waals surface area contributed by atoms with Gasteiger partial charge in [0.15, 0.2) is 0 Å². The van der Waals surface area contributed by atoms with Crippen molar-refractivity contribution in [3.63, 3.8) is 0 Å². The first-order valence-electron chi connectivity index (χ1n) is 5.76. The average molecular weight is 221 g/mol. The van der Waals surface area contributed by atoms with Crippen LogP contribution in [0.25, 0.3) is 0 Å². The molecule has 0 aromatic rings. The smallest absolute Gasteiger partial charge is 0.250 e. The van der Waals surface area contributed by atoms with Crippen molar-refractivity contribution in [1.29, 1.82) is 0 Å². The highest BCUT2D eigenvalue weighted by atomic mass is 16.2. The van der Waals surface area contributed by atoms with Crippen LogP contribution in [0.15, 0.2) is 24.4 Å². The largest absolute Gasteiger partial charge is 0.313 e. The van der Waals surface area contributed by atoms with Crippen molar-refractivity contribution in [3.8, 4) is 0 Å². The first-order chi connectivity index (χ1) is 7.61. The minimum Gasteiger partial charge on any atom is -0.313 e. The zero-order chi connectivity index (χ0) is 12.0. The number of amides is 1. The molecule has 0 N–H and O–H groups in total. The molecule has 0 radical (unpaired) electrons. The van der Waals surface area contributed by atoms with Gasteiger partial charge in [0.1, 0.15) is 5.78 Å². The van der Waals surface area contributed by atoms with Crippen LogP contribution < -0.4 is 0 Å². The molecule has 1 heterocycles. The van der Waals surface area contributed by atoms with Crippen molar-refractivity contribution >= 4 is 11.7 Å². The molecule has 0 spiro atoms. The summed E-state index contributed by atoms with van der Waals surface area (Å²) in [5, 5.41) is 0. The van der Waals surface area contributed by atoms with Crippen LogP contribution in [0.5, 0.6) is 0 Å². The van der Waals surface area contributed by atoms with E-state index in [2.05, 4.69) is 6.58 Å². The Bertz CT molecular complexity index is 318. The van der Waals surface area contributed by atoms with Gasteiger partial charge in [-0.15, -0.1) is 0 Å². The van der Waals surface area contributed by atoms with E-state index < -0.39 is 0 Å². The van der Waals surface area contributed by atoms with Crippen LogP contribution in [0.1, 0.15) is 39.0 Å². The van der Waals surface area contributed by atoms with Gasteiger partial charge in [0.2, 0.25) is 5.91 Å². The second-order valence-corrected chi connectivity index (χ2v) is 4.18. The van der Waals surface area contributed by atoms with Gasteiger partial charge in [0.25, 0.3) is 0 Å². The zero-order valence-corrected chi connectivity index (χ0v) is 9.87. The van der Waals surface area contributed by atoms with Gasteiger partial charge in [-0.05, 0) is 25.8 Å². The Kier molecular flexibility index (Phi) is 4.96. The van der Waals surface area contributed by atoms with Gasteiger partial charge in [0, 0.05) is 25.1 Å². The lowest BCUT2D eigenvalue weighted by molar-refractivity contribution is -0.124. The average Bonchev–Trinajstić information content (AvgIpc) is 2.21. The maximum atomic E-state index is 11.5. The summed E-state index contributed by atoms with van der Waals surface area (Å²) in [5.74, 6) is 0.268. The maximum absolute atomic E-state index is 11.5. The molecule has 0 saturated heterocycles. The summed E-state index contributed by atoms with van der Waals surface area (Å²) in [4.78, 5) is 24.0. The number of allylic oxidation sites excluding steroid dienone is 1. The molecule has 1 rings (SSSR count). The number of ketones is 1. The fourth-order valence-corrected chi connectivity index (χ4v) is 1.74. The van der Waals surface area contributed by atoms with Gasteiger partial charge in [0.05, 0.1) is 0 Å². The molecule has 3 nitrogen and oxygen atoms in total. The molecule has 1 aliphatic heterocycles. The molecule has 1 amide bonds. The van der Waals surface area contributed by atoms with E-state index in [1.807, 2.05) is 6.08 Å². The fourth-order valence-electron chi connectivity index (χ4n) is 1.74. The predicted octanol–water partition coefficient (Wildman–Crippen LogP) is 2.44. The van der Waals surface area contributed by atoms with Gasteiger partial charge in [-0.3, -0.25) is 4.79 Å². The summed E-state index contributed by atoms with van der Waals surface area (Å²) in [5.41, 5.74) is 0.874. The number of carbonyl (C=O) groups is 2. The highest BCUT2D eigenvalue weighted by Gasteiger charge is 2.16. The van der Waals surface area contributed by atoms with Crippen LogP contribution in [0.2, 0.25) is 0 Å². The lowest BCUT2D eigenvalue weighted by atomic mass is 10.1. The van der Waals surface area contributed by atoms with E-state index >= 15 is 0 Å². The third kappa shape index (κ3) is 4.01. The molecule has 0 bridgehead atoms. The van der Waals surface area contributed by atoms with Crippen LogP contribution in [0.3, 0.4) is 0 Å². The van der Waals surface area contributed by atoms with Crippen molar-refractivity contribution in [1.82, 2.24) is 4.90 Å². The lowest BCUT2D eigenvalue weighted by Gasteiger charge is -2.25. The number of hydrogen-bond donors (Lipinski definition) is 0. The molecule has 16 heavy (non-hydrogen) atoms. The van der Waals surface area contributed by atoms with Crippen molar-refractivity contribution in [2.45, 2.75) is 39.0 Å². The standard InChI is InChI=1S/C13H19NO2/c1-11-7-6-9-13(16)14(11)10-5-3-4-8-12(2)15/h6,9H,1,3-5,7-8,10H2,2H3. The van der Waals surface area contributed by atoms with Crippen molar-refractivity contribution in [2.24, 2.45) is 0 Å². The molecule has 88 valence electrons. The topological polar surface area (TPSA) is 37.4 Å². The Balaban J connectivity index is 2.21. The Morgan fingerprint density at radius 2 is 2.19 bits per heavy atom. The Morgan fingerprint density at radius 3 is 2.81 bits per heavy atom. The van der Waals surface area contributed by atoms with Gasteiger partial charge < -0.3 is 9.69 Å². The molecule has 0 aromatic heterocycles. The number of nitrogens with zero attached hydrogens (tertiary/aromatic N) is 1. The number of unbranched alkanes of at least 4 members (excludes halogenated alkanes) is 2. The minimum absolute atomic E-state index is 0.0304. The quantitative estimate of drug-likeness (QED) is 0.646. The van der Waals surface area contributed by atoms with Gasteiger partial charge in [-0.25, -0.2) is 0 Å². The minimum atomic E-state index is 0.0304. The summed E-state index contributed by atoms with van der Waals surface area (Å²) in [6.45, 7) is 6.21. The van der Waals surface area contributed by atoms with E-state index in [4.69, 9.17) is 0 Å². The summed E-state index contributed by atoms with van der Waals surface area (Å²) in [6, 6.07) is 0. The fraction of sp³-hybridized carbons (Fsp3) is 0.538. The van der Waals surface area contributed by atoms with Crippen LogP contribution in [-0.4, -0.2) is 23.1 Å². The summed E-state index contributed by atoms with van der Waals surface area (Å²) in [7, 11) is 0. The Morgan fingerprint density at radius 1 is 1.44 bits per heavy atom. The predicted molar refractivity (Wildman–Crippen MR) is 63.8 cm³/mol. The van der Waals surface area contributed by atoms with Crippen LogP contribution in [0.4, 0.5) is 0 Å². The molecule has 0 unspecified atom stereocenters. The number of Topliss-reactive ketones (excluding diaryl/α,β-unsaturated/α-hetero) is 1. The molecule has 3 heteroatoms. The first-order valence-corrected chi connectivity index (χ1v) is 5.76. The Hall–Kier alpha value is -1.38. The van der Waals surface area contributed by atoms with E-state index in [0.717, 1.165) is 37.9 Å². The normalized spacial score (nSPS) is 15.7. The van der Waals surface area contributed by atoms with Crippen LogP contribution >= 0.6 is 0 Å². The van der Waals surface area contributed by atoms with Crippen LogP contribution in [-0.2, 0) is 9.59 Å². The van der Waals surface area contributed by atoms with Gasteiger partial charge in [-0.1, -0.05) is 19.1 Å². The molecule has 0 fully saturated rings. The first kappa shape index (κ1) is 12.7. The van der Waals surface area contributed by atoms with E-state index in [1.54, 1.807) is 17.9 Å². The van der Waals surface area contributed by atoms with E-state index in [1.165, 1.54) is 0 Å². The van der Waals surface area contributed by atoms with E-state index in [-0.39, 0.29) is 11.7 Å². The zero-order valence-electron chi connectivity index (χ0n) is 9.87. The van der Waals surface area contributed by atoms with Gasteiger partial charge >= 0.3 is 0 Å². The monoisotopic (exact) mass is 221 g/mol. The summed E-state index contributed by atoms with van der Waals surface area (Å²) < 4.78 is 0. The van der Waals surface area contributed by atoms with Crippen molar-refractivity contribution in [2.75, 3.05) is 6.54 Å². The maximum Gasteiger partial charge on any atom is 0.250 e. The molecule has 0 aromatic carbocycles. The van der Waals surface area contributed by atoms with Crippen LogP contribution in [0, 0.1) is 0 Å². The summed E-state index contributed by atoms with van der Waals surface area (Å²) >= 11 is 0. The highest BCUT2D eigenvalue weighted by molar-refractivity contribution is 5.90. The summed E-state index contributed by atoms with van der Waals surface area (Å²) in [6.07, 6.45) is 7.70. The third-order valence-corrected chi connectivity index (χ3v) is 2.67. The lowest BCUT2D eigenvalue weighted by Crippen LogP contribution is -2.31. The molecule has 1 aliphatic rings. The highest BCUT2D eigenvalue weighted by Crippen LogP contribution is 2.15. The van der Waals surface area contributed by atoms with Crippen molar-refractivity contribution < 1.29 is 9.59 Å². The van der Waals surface area contributed by atoms with Gasteiger partial charge in [-0.2, -0.15) is 0 Å². The molecular weight excluding hydrogens is 202 g/mol. The Labute approximate surface area is 96.8 Å². The third-order valence-electron chi connectivity index (χ3n) is 2.67. The molecule has 0 aliphatic carbocycles. The van der Waals surface area contributed by atoms with Crippen molar-refractivity contribution in [3.05, 3.63) is 24.4 Å². The second kappa shape index (κ2) is 6.26. The number of carbonyl (C=O) groups excluding carboxylic acids is 2. The SMILES string of the molecule is C=C1CC=CC(=O)N1CCCCCC(C)=O.